The van der Waals surface area contributed by atoms with Gasteiger partial charge in [-0.1, -0.05) is 13.0 Å². The van der Waals surface area contributed by atoms with Crippen LogP contribution in [-0.4, -0.2) is 24.2 Å². The predicted octanol–water partition coefficient (Wildman–Crippen LogP) is 3.05. The molecule has 0 radical (unpaired) electrons. The first kappa shape index (κ1) is 18.6. The van der Waals surface area contributed by atoms with Gasteiger partial charge in [0.2, 0.25) is 0 Å². The summed E-state index contributed by atoms with van der Waals surface area (Å²) in [6.45, 7) is 4.01. The highest BCUT2D eigenvalue weighted by molar-refractivity contribution is 5.92. The maximum atomic E-state index is 13.5. The fraction of sp³-hybridized carbons (Fsp3) is 0.462. The number of hydrogen-bond donors (Lipinski definition) is 0. The standard InChI is InChI=1S/C13H17FN2O5/c1-5-6-10(13(17)21-4)12(16(19)20)7-11(8(2)14)9(3)15-18/h6-8H,5H2,1-4H3/b10-6-,11-9-,12-7+. The summed E-state index contributed by atoms with van der Waals surface area (Å²) in [7, 11) is 1.08. The average Bonchev–Trinajstić information content (AvgIpc) is 2.44. The number of ether oxygens (including phenoxy) is 1. The number of nitrogens with zero attached hydrogens (tertiary/aromatic N) is 2. The highest BCUT2D eigenvalue weighted by Gasteiger charge is 2.26. The lowest BCUT2D eigenvalue weighted by molar-refractivity contribution is -0.420. The monoisotopic (exact) mass is 300 g/mol. The molecule has 0 saturated heterocycles. The zero-order chi connectivity index (χ0) is 16.6. The van der Waals surface area contributed by atoms with Crippen molar-refractivity contribution < 1.29 is 18.8 Å². The van der Waals surface area contributed by atoms with Gasteiger partial charge in [0.1, 0.15) is 11.7 Å². The highest BCUT2D eigenvalue weighted by atomic mass is 19.1. The predicted molar refractivity (Wildman–Crippen MR) is 74.5 cm³/mol. The van der Waals surface area contributed by atoms with Crippen molar-refractivity contribution in [2.45, 2.75) is 33.4 Å². The number of halogens is 1. The van der Waals surface area contributed by atoms with E-state index in [1.54, 1.807) is 6.92 Å². The SMILES string of the molecule is CC/C=C(C(=O)OC)/C(=C\C(=C(/C)N=O)C(C)F)[N+](=O)[O-]. The topological polar surface area (TPSA) is 98.9 Å². The molecule has 0 aromatic heterocycles. The van der Waals surface area contributed by atoms with Crippen LogP contribution in [0.5, 0.6) is 0 Å². The maximum Gasteiger partial charge on any atom is 0.344 e. The van der Waals surface area contributed by atoms with Crippen molar-refractivity contribution >= 4 is 5.97 Å². The number of carbonyl (C=O) groups is 1. The van der Waals surface area contributed by atoms with Crippen molar-refractivity contribution in [3.05, 3.63) is 49.7 Å². The van der Waals surface area contributed by atoms with E-state index in [1.807, 2.05) is 0 Å². The van der Waals surface area contributed by atoms with Crippen LogP contribution >= 0.6 is 0 Å². The number of nitro groups is 1. The third kappa shape index (κ3) is 5.25. The minimum atomic E-state index is -1.65. The van der Waals surface area contributed by atoms with E-state index in [2.05, 4.69) is 9.91 Å². The van der Waals surface area contributed by atoms with E-state index >= 15 is 0 Å². The van der Waals surface area contributed by atoms with Crippen LogP contribution in [0.3, 0.4) is 0 Å². The minimum Gasteiger partial charge on any atom is -0.465 e. The molecule has 21 heavy (non-hydrogen) atoms. The number of methoxy groups -OCH3 is 1. The van der Waals surface area contributed by atoms with Crippen LogP contribution in [0, 0.1) is 15.0 Å². The number of carbonyl (C=O) groups excluding carboxylic acids is 1. The molecule has 0 fully saturated rings. The number of alkyl halides is 1. The van der Waals surface area contributed by atoms with Gasteiger partial charge in [0.05, 0.1) is 17.7 Å². The molecular formula is C13H17FN2O5. The molecule has 116 valence electrons. The van der Waals surface area contributed by atoms with Gasteiger partial charge in [0, 0.05) is 11.6 Å². The lowest BCUT2D eigenvalue weighted by Crippen LogP contribution is -2.14. The van der Waals surface area contributed by atoms with Gasteiger partial charge in [0.15, 0.2) is 0 Å². The fourth-order valence-corrected chi connectivity index (χ4v) is 1.54. The zero-order valence-corrected chi connectivity index (χ0v) is 12.3. The largest absolute Gasteiger partial charge is 0.465 e. The Morgan fingerprint density at radius 1 is 1.52 bits per heavy atom. The minimum absolute atomic E-state index is 0.231. The van der Waals surface area contributed by atoms with E-state index in [0.29, 0.717) is 6.42 Å². The first-order valence-corrected chi connectivity index (χ1v) is 6.13. The quantitative estimate of drug-likeness (QED) is 0.180. The lowest BCUT2D eigenvalue weighted by atomic mass is 10.0. The Bertz CT molecular complexity index is 521. The highest BCUT2D eigenvalue weighted by Crippen LogP contribution is 2.21. The molecule has 0 aromatic carbocycles. The molecule has 0 aliphatic carbocycles. The van der Waals surface area contributed by atoms with E-state index in [0.717, 1.165) is 20.1 Å². The second-order valence-corrected chi connectivity index (χ2v) is 4.05. The third-order valence-electron chi connectivity index (χ3n) is 2.56. The van der Waals surface area contributed by atoms with Gasteiger partial charge in [0.25, 0.3) is 5.70 Å². The summed E-state index contributed by atoms with van der Waals surface area (Å²) in [6.07, 6.45) is 0.813. The normalized spacial score (nSPS) is 15.1. The van der Waals surface area contributed by atoms with Crippen molar-refractivity contribution in [2.24, 2.45) is 5.18 Å². The summed E-state index contributed by atoms with van der Waals surface area (Å²) in [4.78, 5) is 32.4. The van der Waals surface area contributed by atoms with Gasteiger partial charge in [-0.15, -0.1) is 4.91 Å². The molecule has 8 heteroatoms. The summed E-state index contributed by atoms with van der Waals surface area (Å²) in [6, 6.07) is 0. The van der Waals surface area contributed by atoms with Crippen molar-refractivity contribution in [3.8, 4) is 0 Å². The molecule has 0 aliphatic heterocycles. The van der Waals surface area contributed by atoms with E-state index in [4.69, 9.17) is 0 Å². The second kappa shape index (κ2) is 8.72. The number of rotatable bonds is 7. The molecule has 1 unspecified atom stereocenters. The van der Waals surface area contributed by atoms with Crippen LogP contribution in [0.2, 0.25) is 0 Å². The van der Waals surface area contributed by atoms with Crippen LogP contribution in [-0.2, 0) is 9.53 Å². The number of hydrogen-bond acceptors (Lipinski definition) is 6. The first-order chi connectivity index (χ1) is 9.79. The van der Waals surface area contributed by atoms with Crippen molar-refractivity contribution in [1.82, 2.24) is 0 Å². The van der Waals surface area contributed by atoms with Gasteiger partial charge in [-0.25, -0.2) is 9.18 Å². The maximum absolute atomic E-state index is 13.5. The lowest BCUT2D eigenvalue weighted by Gasteiger charge is -2.07. The molecule has 0 N–H and O–H groups in total. The van der Waals surface area contributed by atoms with Crippen LogP contribution in [0.15, 0.2) is 39.9 Å². The summed E-state index contributed by atoms with van der Waals surface area (Å²) >= 11 is 0. The number of esters is 1. The zero-order valence-electron chi connectivity index (χ0n) is 12.3. The van der Waals surface area contributed by atoms with Crippen LogP contribution in [0.25, 0.3) is 0 Å². The Morgan fingerprint density at radius 3 is 2.43 bits per heavy atom. The third-order valence-corrected chi connectivity index (χ3v) is 2.56. The average molecular weight is 300 g/mol. The summed E-state index contributed by atoms with van der Waals surface area (Å²) < 4.78 is 18.0. The van der Waals surface area contributed by atoms with E-state index in [1.165, 1.54) is 13.0 Å². The molecule has 0 saturated carbocycles. The Kier molecular flexibility index (Phi) is 7.74. The number of nitroso groups, excluding NO2 is 1. The summed E-state index contributed by atoms with van der Waals surface area (Å²) in [5, 5.41) is 13.7. The molecule has 0 amide bonds. The Labute approximate surface area is 121 Å². The Morgan fingerprint density at radius 2 is 2.10 bits per heavy atom. The van der Waals surface area contributed by atoms with Crippen molar-refractivity contribution in [2.75, 3.05) is 7.11 Å². The molecule has 7 nitrogen and oxygen atoms in total. The Hall–Kier alpha value is -2.38. The fourth-order valence-electron chi connectivity index (χ4n) is 1.54. The van der Waals surface area contributed by atoms with Gasteiger partial charge in [-0.05, 0) is 25.4 Å². The van der Waals surface area contributed by atoms with E-state index < -0.39 is 22.8 Å². The molecule has 0 aromatic rings. The number of allylic oxidation sites excluding steroid dienone is 4. The summed E-state index contributed by atoms with van der Waals surface area (Å²) in [5.74, 6) is -0.914. The van der Waals surface area contributed by atoms with Crippen molar-refractivity contribution in [1.29, 1.82) is 0 Å². The van der Waals surface area contributed by atoms with Gasteiger partial charge < -0.3 is 4.74 Å². The molecule has 0 bridgehead atoms. The molecule has 0 rings (SSSR count). The molecule has 0 heterocycles. The second-order valence-electron chi connectivity index (χ2n) is 4.05. The molecule has 0 aliphatic rings. The smallest absolute Gasteiger partial charge is 0.344 e. The van der Waals surface area contributed by atoms with Crippen LogP contribution in [0.4, 0.5) is 4.39 Å². The Balaban J connectivity index is 6.16. The first-order valence-electron chi connectivity index (χ1n) is 6.13. The van der Waals surface area contributed by atoms with E-state index in [-0.39, 0.29) is 16.8 Å². The van der Waals surface area contributed by atoms with Gasteiger partial charge in [-0.2, -0.15) is 0 Å². The van der Waals surface area contributed by atoms with Crippen LogP contribution < -0.4 is 0 Å². The molecule has 1 atom stereocenters. The van der Waals surface area contributed by atoms with Gasteiger partial charge >= 0.3 is 5.97 Å². The summed E-state index contributed by atoms with van der Waals surface area (Å²) in [5.41, 5.74) is -1.44. The van der Waals surface area contributed by atoms with Gasteiger partial charge in [-0.3, -0.25) is 10.1 Å². The molecular weight excluding hydrogens is 283 g/mol. The van der Waals surface area contributed by atoms with Crippen molar-refractivity contribution in [3.63, 3.8) is 0 Å². The molecule has 0 spiro atoms. The van der Waals surface area contributed by atoms with Crippen LogP contribution in [0.1, 0.15) is 27.2 Å². The van der Waals surface area contributed by atoms with E-state index in [9.17, 15) is 24.2 Å².